The average molecular weight is 606 g/mol. The third-order valence-corrected chi connectivity index (χ3v) is 6.52. The Bertz CT molecular complexity index is 1580. The zero-order chi connectivity index (χ0) is 31.1. The molecule has 0 aliphatic carbocycles. The van der Waals surface area contributed by atoms with E-state index < -0.39 is 24.8 Å². The van der Waals surface area contributed by atoms with Crippen LogP contribution in [-0.2, 0) is 23.9 Å². The zero-order valence-electron chi connectivity index (χ0n) is 23.4. The Balaban J connectivity index is 1.52. The molecule has 0 bridgehead atoms. The predicted octanol–water partition coefficient (Wildman–Crippen LogP) is 4.60. The Labute approximate surface area is 244 Å². The quantitative estimate of drug-likeness (QED) is 0.122. The molecule has 0 unspecified atom stereocenters. The van der Waals surface area contributed by atoms with E-state index in [0.29, 0.717) is 49.3 Å². The van der Waals surface area contributed by atoms with Gasteiger partial charge in [0.25, 0.3) is 6.43 Å². The molecule has 0 saturated carbocycles. The van der Waals surface area contributed by atoms with Crippen molar-refractivity contribution in [3.63, 3.8) is 0 Å². The molecule has 0 aliphatic rings. The van der Waals surface area contributed by atoms with Crippen molar-refractivity contribution < 1.29 is 26.7 Å². The highest BCUT2D eigenvalue weighted by molar-refractivity contribution is 5.77. The fraction of sp³-hybridized carbons (Fsp3) is 0.357. The molecule has 1 amide bonds. The van der Waals surface area contributed by atoms with Gasteiger partial charge >= 0.3 is 6.18 Å². The number of nitrogens with two attached hydrogens (primary N) is 1. The van der Waals surface area contributed by atoms with E-state index in [-0.39, 0.29) is 28.6 Å². The second kappa shape index (κ2) is 13.6. The normalized spacial score (nSPS) is 11.7. The van der Waals surface area contributed by atoms with Crippen molar-refractivity contribution in [2.75, 3.05) is 25.0 Å². The molecule has 15 heteroatoms. The van der Waals surface area contributed by atoms with Gasteiger partial charge in [-0.1, -0.05) is 19.6 Å². The maximum atomic E-state index is 13.7. The second-order valence-corrected chi connectivity index (χ2v) is 9.61. The summed E-state index contributed by atoms with van der Waals surface area (Å²) in [5.74, 6) is 0.201. The van der Waals surface area contributed by atoms with Crippen LogP contribution in [0.5, 0.6) is 0 Å². The first-order chi connectivity index (χ1) is 20.5. The molecule has 0 radical (unpaired) electrons. The lowest BCUT2D eigenvalue weighted by Gasteiger charge is -2.16. The largest absolute Gasteiger partial charge is 0.435 e. The molecular weight excluding hydrogens is 573 g/mol. The van der Waals surface area contributed by atoms with Gasteiger partial charge in [0.2, 0.25) is 5.91 Å². The van der Waals surface area contributed by atoms with Gasteiger partial charge in [-0.25, -0.2) is 18.7 Å². The Morgan fingerprint density at radius 3 is 2.63 bits per heavy atom. The topological polar surface area (TPSA) is 127 Å². The van der Waals surface area contributed by atoms with Gasteiger partial charge in [0.1, 0.15) is 6.54 Å². The summed E-state index contributed by atoms with van der Waals surface area (Å²) in [6, 6.07) is 5.63. The number of rotatable bonds is 14. The molecule has 1 aromatic carbocycles. The number of aryl methyl sites for hydroxylation is 1. The maximum absolute atomic E-state index is 13.7. The molecule has 0 atom stereocenters. The lowest BCUT2D eigenvalue weighted by molar-refractivity contribution is -0.141. The van der Waals surface area contributed by atoms with Crippen molar-refractivity contribution >= 4 is 28.8 Å². The van der Waals surface area contributed by atoms with Crippen molar-refractivity contribution in [3.8, 4) is 11.3 Å². The number of aromatic nitrogens is 5. The van der Waals surface area contributed by atoms with Gasteiger partial charge in [0.15, 0.2) is 17.2 Å². The van der Waals surface area contributed by atoms with E-state index in [0.717, 1.165) is 23.0 Å². The minimum Gasteiger partial charge on any atom is -0.385 e. The van der Waals surface area contributed by atoms with Gasteiger partial charge in [-0.15, -0.1) is 0 Å². The third kappa shape index (κ3) is 7.66. The number of nitrogens with one attached hydrogen (secondary N) is 3. The van der Waals surface area contributed by atoms with Gasteiger partial charge in [-0.05, 0) is 30.5 Å². The summed E-state index contributed by atoms with van der Waals surface area (Å²) < 4.78 is 68.9. The molecule has 0 spiro atoms. The van der Waals surface area contributed by atoms with Gasteiger partial charge in [0.05, 0.1) is 17.5 Å². The number of hydrogen-bond donors (Lipinski definition) is 4. The fourth-order valence-electron chi connectivity index (χ4n) is 4.53. The van der Waals surface area contributed by atoms with Crippen molar-refractivity contribution in [2.24, 2.45) is 5.73 Å². The predicted molar refractivity (Wildman–Crippen MR) is 153 cm³/mol. The van der Waals surface area contributed by atoms with Crippen molar-refractivity contribution in [1.29, 1.82) is 0 Å². The van der Waals surface area contributed by atoms with Crippen LogP contribution in [0, 0.1) is 0 Å². The second-order valence-electron chi connectivity index (χ2n) is 9.61. The third-order valence-electron chi connectivity index (χ3n) is 6.52. The summed E-state index contributed by atoms with van der Waals surface area (Å²) >= 11 is 0. The highest BCUT2D eigenvalue weighted by atomic mass is 19.4. The maximum Gasteiger partial charge on any atom is 0.435 e. The Kier molecular flexibility index (Phi) is 9.95. The molecule has 5 N–H and O–H groups in total. The highest BCUT2D eigenvalue weighted by Gasteiger charge is 2.38. The number of nitrogens with zero attached hydrogens (tertiary/aromatic N) is 5. The minimum atomic E-state index is -4.86. The number of carbonyl (C=O) groups is 1. The first kappa shape index (κ1) is 31.4. The molecule has 0 fully saturated rings. The number of imidazole rings is 1. The van der Waals surface area contributed by atoms with Crippen LogP contribution in [0.2, 0.25) is 0 Å². The SMILES string of the molecule is C=C(NCCCNC(=O)CCN)c1ccc(Nc2nccn3c(-c4cn(CC(F)F)nc4C(F)(F)F)cnc23)cc1CC. The van der Waals surface area contributed by atoms with Gasteiger partial charge in [0, 0.05) is 61.6 Å². The highest BCUT2D eigenvalue weighted by Crippen LogP contribution is 2.37. The lowest BCUT2D eigenvalue weighted by atomic mass is 10.0. The number of benzene rings is 1. The van der Waals surface area contributed by atoms with E-state index in [1.807, 2.05) is 25.1 Å². The number of anilines is 2. The molecule has 43 heavy (non-hydrogen) atoms. The summed E-state index contributed by atoms with van der Waals surface area (Å²) in [5.41, 5.74) is 7.26. The van der Waals surface area contributed by atoms with E-state index >= 15 is 0 Å². The minimum absolute atomic E-state index is 0.0270. The Hall–Kier alpha value is -4.53. The molecule has 0 saturated heterocycles. The molecule has 230 valence electrons. The summed E-state index contributed by atoms with van der Waals surface area (Å²) in [5, 5.41) is 12.6. The number of fused-ring (bicyclic) bond motifs is 1. The molecule has 10 nitrogen and oxygen atoms in total. The van der Waals surface area contributed by atoms with Gasteiger partial charge in [-0.2, -0.15) is 18.3 Å². The molecule has 3 heterocycles. The molecular formula is C28H32F5N9O. The number of amides is 1. The number of carbonyl (C=O) groups excluding carboxylic acids is 1. The lowest BCUT2D eigenvalue weighted by Crippen LogP contribution is -2.28. The van der Waals surface area contributed by atoms with E-state index in [4.69, 9.17) is 5.73 Å². The number of alkyl halides is 5. The Morgan fingerprint density at radius 1 is 1.16 bits per heavy atom. The van der Waals surface area contributed by atoms with E-state index in [1.165, 1.54) is 23.0 Å². The van der Waals surface area contributed by atoms with Crippen LogP contribution in [0.15, 0.2) is 49.6 Å². The van der Waals surface area contributed by atoms with Gasteiger partial charge in [-0.3, -0.25) is 13.9 Å². The van der Waals surface area contributed by atoms with Crippen LogP contribution in [0.3, 0.4) is 0 Å². The molecule has 4 aromatic rings. The van der Waals surface area contributed by atoms with Crippen LogP contribution in [-0.4, -0.2) is 56.1 Å². The monoisotopic (exact) mass is 605 g/mol. The average Bonchev–Trinajstić information content (AvgIpc) is 3.57. The van der Waals surface area contributed by atoms with Crippen LogP contribution in [0.4, 0.5) is 33.5 Å². The van der Waals surface area contributed by atoms with Gasteiger partial charge < -0.3 is 21.7 Å². The molecule has 4 rings (SSSR count). The van der Waals surface area contributed by atoms with Crippen LogP contribution in [0.1, 0.15) is 36.6 Å². The van der Waals surface area contributed by atoms with Crippen LogP contribution < -0.4 is 21.7 Å². The van der Waals surface area contributed by atoms with Crippen LogP contribution in [0.25, 0.3) is 22.6 Å². The first-order valence-electron chi connectivity index (χ1n) is 13.6. The first-order valence-corrected chi connectivity index (χ1v) is 13.6. The summed E-state index contributed by atoms with van der Waals surface area (Å²) in [6.45, 7) is 6.59. The van der Waals surface area contributed by atoms with E-state index in [9.17, 15) is 26.7 Å². The zero-order valence-corrected chi connectivity index (χ0v) is 23.4. The number of hydrogen-bond acceptors (Lipinski definition) is 7. The van der Waals surface area contributed by atoms with Crippen molar-refractivity contribution in [3.05, 3.63) is 66.4 Å². The molecule has 0 aliphatic heterocycles. The van der Waals surface area contributed by atoms with E-state index in [2.05, 4.69) is 37.6 Å². The molecule has 3 aromatic heterocycles. The van der Waals surface area contributed by atoms with Crippen molar-refractivity contribution in [2.45, 2.75) is 45.3 Å². The fourth-order valence-corrected chi connectivity index (χ4v) is 4.53. The standard InChI is InChI=1S/C28H32F5N9O/c1-3-18-13-19(5-6-20(18)17(2)35-9-4-10-36-24(43)7-8-34)39-26-27-38-14-22(42(27)12-11-37-26)21-15-41(16-23(29)30)40-25(21)28(31,32)33/h5-6,11-15,23,35H,2-4,7-10,16,34H2,1H3,(H,36,43)(H,37,39). The summed E-state index contributed by atoms with van der Waals surface area (Å²) in [6.07, 6.45) is -1.05. The summed E-state index contributed by atoms with van der Waals surface area (Å²) in [4.78, 5) is 20.1. The van der Waals surface area contributed by atoms with Crippen molar-refractivity contribution in [1.82, 2.24) is 34.8 Å². The van der Waals surface area contributed by atoms with Crippen LogP contribution >= 0.6 is 0 Å². The summed E-state index contributed by atoms with van der Waals surface area (Å²) in [7, 11) is 0. The van der Waals surface area contributed by atoms with E-state index in [1.54, 1.807) is 0 Å². The Morgan fingerprint density at radius 2 is 1.93 bits per heavy atom. The number of halogens is 5. The smallest absolute Gasteiger partial charge is 0.385 e.